The molecule has 0 aliphatic carbocycles. The van der Waals surface area contributed by atoms with Gasteiger partial charge in [-0.1, -0.05) is 281 Å². The molecule has 0 aromatic rings. The zero-order valence-electron chi connectivity index (χ0n) is 48.2. The number of hydrogen-bond acceptors (Lipinski definition) is 6. The van der Waals surface area contributed by atoms with E-state index in [1.807, 2.05) is 0 Å². The Morgan fingerprint density at radius 1 is 0.278 bits per heavy atom. The van der Waals surface area contributed by atoms with Crippen LogP contribution in [-0.4, -0.2) is 37.2 Å². The van der Waals surface area contributed by atoms with Gasteiger partial charge < -0.3 is 14.2 Å². The fourth-order valence-corrected chi connectivity index (χ4v) is 9.27. The van der Waals surface area contributed by atoms with E-state index in [9.17, 15) is 14.4 Å². The van der Waals surface area contributed by atoms with Crippen LogP contribution >= 0.6 is 0 Å². The zero-order chi connectivity index (χ0) is 52.2. The normalized spacial score (nSPS) is 12.3. The second-order valence-corrected chi connectivity index (χ2v) is 21.3. The van der Waals surface area contributed by atoms with E-state index in [4.69, 9.17) is 14.2 Å². The van der Waals surface area contributed by atoms with E-state index < -0.39 is 6.10 Å². The van der Waals surface area contributed by atoms with Crippen LogP contribution in [0.4, 0.5) is 0 Å². The largest absolute Gasteiger partial charge is 0.462 e. The Bertz CT molecular complexity index is 1250. The first-order valence-corrected chi connectivity index (χ1v) is 31.6. The Morgan fingerprint density at radius 2 is 0.500 bits per heavy atom. The Kier molecular flexibility index (Phi) is 58.7. The summed E-state index contributed by atoms with van der Waals surface area (Å²) < 4.78 is 16.8. The number of hydrogen-bond donors (Lipinski definition) is 0. The highest BCUT2D eigenvalue weighted by molar-refractivity contribution is 5.71. The van der Waals surface area contributed by atoms with Gasteiger partial charge in [-0.05, 0) is 83.5 Å². The molecule has 6 nitrogen and oxygen atoms in total. The molecule has 0 amide bonds. The first-order valence-electron chi connectivity index (χ1n) is 31.6. The lowest BCUT2D eigenvalue weighted by atomic mass is 10.0. The van der Waals surface area contributed by atoms with Gasteiger partial charge in [0.05, 0.1) is 0 Å². The van der Waals surface area contributed by atoms with Crippen molar-refractivity contribution in [2.75, 3.05) is 13.2 Å². The minimum absolute atomic E-state index is 0.0728. The number of rotatable bonds is 58. The zero-order valence-corrected chi connectivity index (χ0v) is 48.2. The van der Waals surface area contributed by atoms with E-state index in [-0.39, 0.29) is 31.1 Å². The summed E-state index contributed by atoms with van der Waals surface area (Å²) in [7, 11) is 0. The van der Waals surface area contributed by atoms with Crippen LogP contribution < -0.4 is 0 Å². The van der Waals surface area contributed by atoms with E-state index in [1.54, 1.807) is 0 Å². The molecule has 6 heteroatoms. The van der Waals surface area contributed by atoms with Crippen molar-refractivity contribution in [3.8, 4) is 0 Å². The number of allylic oxidation sites excluding steroid dienone is 8. The summed E-state index contributed by atoms with van der Waals surface area (Å²) in [5.74, 6) is -0.871. The van der Waals surface area contributed by atoms with Gasteiger partial charge in [0.25, 0.3) is 0 Å². The quantitative estimate of drug-likeness (QED) is 0.0261. The predicted molar refractivity (Wildman–Crippen MR) is 312 cm³/mol. The van der Waals surface area contributed by atoms with Crippen molar-refractivity contribution in [2.45, 2.75) is 341 Å². The van der Waals surface area contributed by atoms with E-state index in [0.717, 1.165) is 77.0 Å². The first kappa shape index (κ1) is 69.4. The fourth-order valence-electron chi connectivity index (χ4n) is 9.27. The number of carbonyl (C=O) groups is 3. The molecular formula is C66H120O6. The van der Waals surface area contributed by atoms with Crippen molar-refractivity contribution in [1.82, 2.24) is 0 Å². The van der Waals surface area contributed by atoms with E-state index in [1.165, 1.54) is 218 Å². The van der Waals surface area contributed by atoms with Crippen LogP contribution in [0.25, 0.3) is 0 Å². The van der Waals surface area contributed by atoms with Crippen molar-refractivity contribution in [3.05, 3.63) is 48.6 Å². The summed E-state index contributed by atoms with van der Waals surface area (Å²) in [5.41, 5.74) is 0. The SMILES string of the molecule is CCCCCC/C=C\C/C=C\CCCCCCCCCC(=O)OC(COC(=O)CCCCCCCCC)COC(=O)CCCCCCCCCCCCCCCCCCC/C=C\C/C=C\CCCCCCC. The van der Waals surface area contributed by atoms with Crippen molar-refractivity contribution < 1.29 is 28.6 Å². The van der Waals surface area contributed by atoms with Gasteiger partial charge in [-0.3, -0.25) is 14.4 Å². The van der Waals surface area contributed by atoms with E-state index in [0.29, 0.717) is 19.3 Å². The van der Waals surface area contributed by atoms with Crippen LogP contribution in [0.15, 0.2) is 48.6 Å². The topological polar surface area (TPSA) is 78.9 Å². The molecule has 1 unspecified atom stereocenters. The van der Waals surface area contributed by atoms with Gasteiger partial charge in [0, 0.05) is 19.3 Å². The lowest BCUT2D eigenvalue weighted by molar-refractivity contribution is -0.167. The molecule has 0 aromatic carbocycles. The predicted octanol–water partition coefficient (Wildman–Crippen LogP) is 21.4. The van der Waals surface area contributed by atoms with Crippen LogP contribution in [0.1, 0.15) is 335 Å². The summed E-state index contributed by atoms with van der Waals surface area (Å²) in [6, 6.07) is 0. The third-order valence-corrected chi connectivity index (χ3v) is 14.1. The molecule has 0 saturated heterocycles. The molecule has 0 heterocycles. The van der Waals surface area contributed by atoms with Gasteiger partial charge in [-0.15, -0.1) is 0 Å². The smallest absolute Gasteiger partial charge is 0.306 e. The average molecular weight is 1010 g/mol. The number of esters is 3. The first-order chi connectivity index (χ1) is 35.5. The Hall–Kier alpha value is -2.63. The molecule has 0 aliphatic rings. The van der Waals surface area contributed by atoms with Gasteiger partial charge >= 0.3 is 17.9 Å². The molecule has 0 aliphatic heterocycles. The molecule has 0 fully saturated rings. The number of unbranched alkanes of at least 4 members (excludes halogenated alkanes) is 39. The summed E-state index contributed by atoms with van der Waals surface area (Å²) in [6.45, 7) is 6.60. The van der Waals surface area contributed by atoms with Crippen LogP contribution in [0, 0.1) is 0 Å². The Balaban J connectivity index is 4.06. The number of carbonyl (C=O) groups excluding carboxylic acids is 3. The fraction of sp³-hybridized carbons (Fsp3) is 0.833. The average Bonchev–Trinajstić information content (AvgIpc) is 3.38. The van der Waals surface area contributed by atoms with Crippen molar-refractivity contribution in [1.29, 1.82) is 0 Å². The molecule has 0 radical (unpaired) electrons. The van der Waals surface area contributed by atoms with Crippen LogP contribution in [0.2, 0.25) is 0 Å². The lowest BCUT2D eigenvalue weighted by Crippen LogP contribution is -2.30. The van der Waals surface area contributed by atoms with Gasteiger partial charge in [0.15, 0.2) is 6.10 Å². The monoisotopic (exact) mass is 1010 g/mol. The maximum absolute atomic E-state index is 12.8. The van der Waals surface area contributed by atoms with Gasteiger partial charge in [0.2, 0.25) is 0 Å². The van der Waals surface area contributed by atoms with Gasteiger partial charge in [0.1, 0.15) is 13.2 Å². The maximum Gasteiger partial charge on any atom is 0.306 e. The molecule has 0 saturated carbocycles. The van der Waals surface area contributed by atoms with Crippen LogP contribution in [-0.2, 0) is 28.6 Å². The summed E-state index contributed by atoms with van der Waals surface area (Å²) in [4.78, 5) is 38.0. The molecule has 0 aromatic heterocycles. The van der Waals surface area contributed by atoms with Crippen LogP contribution in [0.5, 0.6) is 0 Å². The van der Waals surface area contributed by atoms with E-state index >= 15 is 0 Å². The Morgan fingerprint density at radius 3 is 0.778 bits per heavy atom. The molecule has 0 rings (SSSR count). The van der Waals surface area contributed by atoms with Crippen molar-refractivity contribution in [3.63, 3.8) is 0 Å². The molecule has 1 atom stereocenters. The minimum Gasteiger partial charge on any atom is -0.462 e. The van der Waals surface area contributed by atoms with Gasteiger partial charge in [-0.2, -0.15) is 0 Å². The minimum atomic E-state index is -0.773. The molecule has 72 heavy (non-hydrogen) atoms. The molecule has 0 bridgehead atoms. The number of ether oxygens (including phenoxy) is 3. The second-order valence-electron chi connectivity index (χ2n) is 21.3. The third kappa shape index (κ3) is 58.3. The second kappa shape index (κ2) is 60.9. The maximum atomic E-state index is 12.8. The molecular weight excluding hydrogens is 889 g/mol. The van der Waals surface area contributed by atoms with Crippen LogP contribution in [0.3, 0.4) is 0 Å². The summed E-state index contributed by atoms with van der Waals surface area (Å²) >= 11 is 0. The molecule has 420 valence electrons. The highest BCUT2D eigenvalue weighted by Gasteiger charge is 2.19. The van der Waals surface area contributed by atoms with Crippen molar-refractivity contribution >= 4 is 17.9 Å². The highest BCUT2D eigenvalue weighted by Crippen LogP contribution is 2.17. The third-order valence-electron chi connectivity index (χ3n) is 14.1. The van der Waals surface area contributed by atoms with Crippen molar-refractivity contribution in [2.24, 2.45) is 0 Å². The Labute approximate surface area is 448 Å². The van der Waals surface area contributed by atoms with E-state index in [2.05, 4.69) is 69.4 Å². The lowest BCUT2D eigenvalue weighted by Gasteiger charge is -2.18. The molecule has 0 spiro atoms. The summed E-state index contributed by atoms with van der Waals surface area (Å²) in [6.07, 6.45) is 75.8. The summed E-state index contributed by atoms with van der Waals surface area (Å²) in [5, 5.41) is 0. The standard InChI is InChI=1S/C66H120O6/c1-4-7-10-13-16-18-20-22-24-26-28-29-30-31-32-33-34-35-36-37-38-40-41-43-45-47-50-53-56-59-65(68)71-62-63(61-70-64(67)58-55-52-49-15-12-9-6-3)72-66(69)60-57-54-51-48-46-44-42-39-27-25-23-21-19-17-14-11-8-5-2/h19-22,25-28,63H,4-18,23-24,29-62H2,1-3H3/b21-19-,22-20-,27-25-,28-26-. The van der Waals surface area contributed by atoms with Gasteiger partial charge in [-0.25, -0.2) is 0 Å². The highest BCUT2D eigenvalue weighted by atomic mass is 16.6. The molecule has 0 N–H and O–H groups in total.